The molecule has 2 heterocycles. The van der Waals surface area contributed by atoms with Crippen molar-refractivity contribution in [3.05, 3.63) is 40.3 Å². The minimum Gasteiger partial charge on any atom is -0.388 e. The molecule has 2 rings (SSSR count). The van der Waals surface area contributed by atoms with E-state index in [0.29, 0.717) is 22.7 Å². The van der Waals surface area contributed by atoms with Crippen LogP contribution in [-0.4, -0.2) is 21.0 Å². The first-order chi connectivity index (χ1) is 9.08. The monoisotopic (exact) mass is 292 g/mol. The normalized spacial score (nSPS) is 10.7. The number of hydrogen-bond acceptors (Lipinski definition) is 5. The Balaban J connectivity index is 2.28. The maximum atomic E-state index is 5.62. The Morgan fingerprint density at radius 3 is 2.84 bits per heavy atom. The minimum absolute atomic E-state index is 0.295. The SMILES string of the molecule is CC(C)N(Cc1cccs1)c1nccc(C(N)=S)n1. The second-order valence-corrected chi connectivity index (χ2v) is 5.88. The zero-order valence-corrected chi connectivity index (χ0v) is 12.5. The molecule has 0 atom stereocenters. The fourth-order valence-electron chi connectivity index (χ4n) is 1.68. The van der Waals surface area contributed by atoms with E-state index in [1.54, 1.807) is 23.6 Å². The van der Waals surface area contributed by atoms with Gasteiger partial charge in [-0.25, -0.2) is 9.97 Å². The topological polar surface area (TPSA) is 55.0 Å². The molecule has 0 bridgehead atoms. The maximum Gasteiger partial charge on any atom is 0.226 e. The van der Waals surface area contributed by atoms with Gasteiger partial charge in [0.2, 0.25) is 5.95 Å². The highest BCUT2D eigenvalue weighted by molar-refractivity contribution is 7.80. The third-order valence-electron chi connectivity index (χ3n) is 2.68. The van der Waals surface area contributed by atoms with Gasteiger partial charge >= 0.3 is 0 Å². The van der Waals surface area contributed by atoms with Crippen LogP contribution >= 0.6 is 23.6 Å². The van der Waals surface area contributed by atoms with E-state index in [-0.39, 0.29) is 0 Å². The van der Waals surface area contributed by atoms with Crippen LogP contribution in [0.5, 0.6) is 0 Å². The van der Waals surface area contributed by atoms with Gasteiger partial charge in [-0.2, -0.15) is 0 Å². The predicted molar refractivity (Wildman–Crippen MR) is 83.6 cm³/mol. The molecule has 19 heavy (non-hydrogen) atoms. The second-order valence-electron chi connectivity index (χ2n) is 4.41. The van der Waals surface area contributed by atoms with Crippen molar-refractivity contribution >= 4 is 34.5 Å². The molecule has 0 radical (unpaired) electrons. The van der Waals surface area contributed by atoms with Gasteiger partial charge in [-0.3, -0.25) is 0 Å². The average molecular weight is 292 g/mol. The largest absolute Gasteiger partial charge is 0.388 e. The standard InChI is InChI=1S/C13H16N4S2/c1-9(2)17(8-10-4-3-7-19-10)13-15-6-5-11(16-13)12(14)18/h3-7,9H,8H2,1-2H3,(H2,14,18). The molecule has 0 aliphatic heterocycles. The van der Waals surface area contributed by atoms with E-state index in [1.165, 1.54) is 4.88 Å². The first kappa shape index (κ1) is 13.9. The molecule has 0 unspecified atom stereocenters. The van der Waals surface area contributed by atoms with E-state index < -0.39 is 0 Å². The molecule has 0 spiro atoms. The lowest BCUT2D eigenvalue weighted by atomic mass is 10.3. The number of anilines is 1. The van der Waals surface area contributed by atoms with Crippen LogP contribution in [0.3, 0.4) is 0 Å². The van der Waals surface area contributed by atoms with Crippen molar-refractivity contribution in [3.8, 4) is 0 Å². The van der Waals surface area contributed by atoms with Crippen LogP contribution in [0.1, 0.15) is 24.4 Å². The fourth-order valence-corrected chi connectivity index (χ4v) is 2.50. The highest BCUT2D eigenvalue weighted by atomic mass is 32.1. The Morgan fingerprint density at radius 1 is 1.47 bits per heavy atom. The van der Waals surface area contributed by atoms with Crippen molar-refractivity contribution in [2.24, 2.45) is 5.73 Å². The van der Waals surface area contributed by atoms with E-state index in [4.69, 9.17) is 18.0 Å². The van der Waals surface area contributed by atoms with Crippen LogP contribution in [0.2, 0.25) is 0 Å². The maximum absolute atomic E-state index is 5.62. The molecular weight excluding hydrogens is 276 g/mol. The van der Waals surface area contributed by atoms with Crippen molar-refractivity contribution in [1.82, 2.24) is 9.97 Å². The smallest absolute Gasteiger partial charge is 0.226 e. The third kappa shape index (κ3) is 3.48. The summed E-state index contributed by atoms with van der Waals surface area (Å²) < 4.78 is 0. The lowest BCUT2D eigenvalue weighted by Gasteiger charge is -2.26. The Bertz CT molecular complexity index is 552. The van der Waals surface area contributed by atoms with Gasteiger partial charge < -0.3 is 10.6 Å². The number of hydrogen-bond donors (Lipinski definition) is 1. The summed E-state index contributed by atoms with van der Waals surface area (Å²) in [5.41, 5.74) is 6.23. The molecule has 6 heteroatoms. The summed E-state index contributed by atoms with van der Waals surface area (Å²) in [7, 11) is 0. The van der Waals surface area contributed by atoms with Gasteiger partial charge in [-0.15, -0.1) is 11.3 Å². The van der Waals surface area contributed by atoms with Crippen molar-refractivity contribution in [1.29, 1.82) is 0 Å². The van der Waals surface area contributed by atoms with Crippen molar-refractivity contribution in [3.63, 3.8) is 0 Å². The first-order valence-corrected chi connectivity index (χ1v) is 7.28. The van der Waals surface area contributed by atoms with Crippen LogP contribution < -0.4 is 10.6 Å². The van der Waals surface area contributed by atoms with E-state index >= 15 is 0 Å². The summed E-state index contributed by atoms with van der Waals surface area (Å²) in [6.07, 6.45) is 1.70. The molecule has 0 fully saturated rings. The molecule has 0 aliphatic carbocycles. The molecule has 2 N–H and O–H groups in total. The number of nitrogens with zero attached hydrogens (tertiary/aromatic N) is 3. The molecule has 0 aliphatic rings. The molecule has 0 amide bonds. The Labute approximate surface area is 122 Å². The van der Waals surface area contributed by atoms with E-state index in [2.05, 4.69) is 40.2 Å². The summed E-state index contributed by atoms with van der Waals surface area (Å²) in [5.74, 6) is 0.661. The van der Waals surface area contributed by atoms with Crippen LogP contribution in [0.4, 0.5) is 5.95 Å². The second kappa shape index (κ2) is 6.08. The van der Waals surface area contributed by atoms with Crippen molar-refractivity contribution < 1.29 is 0 Å². The van der Waals surface area contributed by atoms with Gasteiger partial charge in [0.15, 0.2) is 0 Å². The van der Waals surface area contributed by atoms with Gasteiger partial charge in [0.05, 0.1) is 6.54 Å². The number of nitrogens with two attached hydrogens (primary N) is 1. The van der Waals surface area contributed by atoms with Crippen LogP contribution in [0.25, 0.3) is 0 Å². The van der Waals surface area contributed by atoms with Crippen LogP contribution in [0, 0.1) is 0 Å². The molecule has 2 aromatic rings. The third-order valence-corrected chi connectivity index (χ3v) is 3.75. The lowest BCUT2D eigenvalue weighted by Crippen LogP contribution is -2.32. The van der Waals surface area contributed by atoms with E-state index in [9.17, 15) is 0 Å². The molecular formula is C13H16N4S2. The quantitative estimate of drug-likeness (QED) is 0.858. The molecule has 0 aromatic carbocycles. The van der Waals surface area contributed by atoms with Crippen molar-refractivity contribution in [2.75, 3.05) is 4.90 Å². The highest BCUT2D eigenvalue weighted by Gasteiger charge is 2.15. The number of thiophene rings is 1. The van der Waals surface area contributed by atoms with Crippen LogP contribution in [0.15, 0.2) is 29.8 Å². The Morgan fingerprint density at radius 2 is 2.26 bits per heavy atom. The predicted octanol–water partition coefficient (Wildman–Crippen LogP) is 2.59. The van der Waals surface area contributed by atoms with Crippen LogP contribution in [-0.2, 0) is 6.54 Å². The minimum atomic E-state index is 0.295. The summed E-state index contributed by atoms with van der Waals surface area (Å²) in [5, 5.41) is 2.07. The summed E-state index contributed by atoms with van der Waals surface area (Å²) >= 11 is 6.69. The molecule has 4 nitrogen and oxygen atoms in total. The zero-order valence-electron chi connectivity index (χ0n) is 10.9. The van der Waals surface area contributed by atoms with E-state index in [0.717, 1.165) is 6.54 Å². The number of aromatic nitrogens is 2. The molecule has 0 saturated carbocycles. The highest BCUT2D eigenvalue weighted by Crippen LogP contribution is 2.18. The fraction of sp³-hybridized carbons (Fsp3) is 0.308. The molecule has 0 saturated heterocycles. The van der Waals surface area contributed by atoms with Gasteiger partial charge in [0.1, 0.15) is 10.7 Å². The van der Waals surface area contributed by atoms with Gasteiger partial charge in [0.25, 0.3) is 0 Å². The summed E-state index contributed by atoms with van der Waals surface area (Å²) in [6.45, 7) is 5.02. The lowest BCUT2D eigenvalue weighted by molar-refractivity contribution is 0.664. The number of thiocarbonyl (C=S) groups is 1. The molecule has 100 valence electrons. The van der Waals surface area contributed by atoms with Gasteiger partial charge in [-0.1, -0.05) is 18.3 Å². The molecule has 2 aromatic heterocycles. The Kier molecular flexibility index (Phi) is 4.44. The van der Waals surface area contributed by atoms with E-state index in [1.807, 2.05) is 6.07 Å². The first-order valence-electron chi connectivity index (χ1n) is 6.00. The Hall–Kier alpha value is -1.53. The summed E-state index contributed by atoms with van der Waals surface area (Å²) in [4.78, 5) is 12.5. The van der Waals surface area contributed by atoms with Gasteiger partial charge in [0, 0.05) is 17.1 Å². The number of rotatable bonds is 5. The average Bonchev–Trinajstić information content (AvgIpc) is 2.88. The van der Waals surface area contributed by atoms with Gasteiger partial charge in [-0.05, 0) is 31.4 Å². The zero-order chi connectivity index (χ0) is 13.8. The summed E-state index contributed by atoms with van der Waals surface area (Å²) in [6, 6.07) is 6.18. The van der Waals surface area contributed by atoms with Crippen molar-refractivity contribution in [2.45, 2.75) is 26.4 Å².